The third kappa shape index (κ3) is 4.86. The van der Waals surface area contributed by atoms with Crippen LogP contribution in [0.5, 0.6) is 0 Å². The standard InChI is InChI=1S/C23H23BrFN3O4S/c1-31-22(29)13-5-3-12(4-6-13)18-17(23(30)32-2)19(15-8-7-14(25)11-16(15)24)28-20(27-18)21-26-9-10-33-21/h7-13,19H,3-6H2,1-2H3,(H,27,28). The van der Waals surface area contributed by atoms with Gasteiger partial charge in [-0.15, -0.1) is 11.3 Å². The first-order valence-corrected chi connectivity index (χ1v) is 12.2. The van der Waals surface area contributed by atoms with Crippen LogP contribution in [0.1, 0.15) is 42.3 Å². The Morgan fingerprint density at radius 3 is 2.55 bits per heavy atom. The number of thiazole rings is 1. The second-order valence-electron chi connectivity index (χ2n) is 7.90. The molecule has 2 aliphatic rings. The Morgan fingerprint density at radius 2 is 1.94 bits per heavy atom. The van der Waals surface area contributed by atoms with Gasteiger partial charge in [0.05, 0.1) is 25.7 Å². The van der Waals surface area contributed by atoms with Gasteiger partial charge in [-0.3, -0.25) is 9.79 Å². The van der Waals surface area contributed by atoms with Gasteiger partial charge in [0.2, 0.25) is 0 Å². The normalized spacial score (nSPS) is 22.9. The quantitative estimate of drug-likeness (QED) is 0.565. The monoisotopic (exact) mass is 535 g/mol. The zero-order valence-corrected chi connectivity index (χ0v) is 20.5. The number of rotatable bonds is 5. The van der Waals surface area contributed by atoms with Crippen LogP contribution in [0.4, 0.5) is 4.39 Å². The molecule has 1 saturated carbocycles. The minimum Gasteiger partial charge on any atom is -0.469 e. The number of carbonyl (C=O) groups excluding carboxylic acids is 2. The van der Waals surface area contributed by atoms with Crippen LogP contribution < -0.4 is 5.32 Å². The van der Waals surface area contributed by atoms with Crippen LogP contribution in [0.3, 0.4) is 0 Å². The van der Waals surface area contributed by atoms with Crippen LogP contribution in [0.25, 0.3) is 0 Å². The summed E-state index contributed by atoms with van der Waals surface area (Å²) < 4.78 is 24.4. The van der Waals surface area contributed by atoms with Crippen LogP contribution in [-0.2, 0) is 19.1 Å². The number of methoxy groups -OCH3 is 2. The summed E-state index contributed by atoms with van der Waals surface area (Å²) in [5.41, 5.74) is 1.74. The maximum Gasteiger partial charge on any atom is 0.338 e. The van der Waals surface area contributed by atoms with Crippen LogP contribution in [0.15, 0.2) is 50.5 Å². The molecule has 1 aromatic heterocycles. The number of halogens is 2. The number of nitrogens with one attached hydrogen (secondary N) is 1. The maximum atomic E-state index is 13.8. The van der Waals surface area contributed by atoms with Gasteiger partial charge in [-0.25, -0.2) is 14.2 Å². The number of ether oxygens (including phenoxy) is 2. The molecule has 0 radical (unpaired) electrons. The summed E-state index contributed by atoms with van der Waals surface area (Å²) >= 11 is 4.86. The molecule has 7 nitrogen and oxygen atoms in total. The topological polar surface area (TPSA) is 89.9 Å². The van der Waals surface area contributed by atoms with E-state index in [9.17, 15) is 14.0 Å². The molecule has 1 atom stereocenters. The zero-order valence-electron chi connectivity index (χ0n) is 18.1. The predicted octanol–water partition coefficient (Wildman–Crippen LogP) is 4.54. The molecule has 1 aliphatic heterocycles. The van der Waals surface area contributed by atoms with E-state index < -0.39 is 17.8 Å². The maximum absolute atomic E-state index is 13.8. The van der Waals surface area contributed by atoms with E-state index in [1.165, 1.54) is 37.7 Å². The molecule has 2 aromatic rings. The highest BCUT2D eigenvalue weighted by Crippen LogP contribution is 2.42. The molecule has 1 aromatic carbocycles. The Bertz CT molecular complexity index is 1110. The molecule has 10 heteroatoms. The highest BCUT2D eigenvalue weighted by atomic mass is 79.9. The first-order valence-electron chi connectivity index (χ1n) is 10.5. The van der Waals surface area contributed by atoms with Crippen molar-refractivity contribution in [1.29, 1.82) is 0 Å². The van der Waals surface area contributed by atoms with Crippen molar-refractivity contribution in [3.05, 3.63) is 61.9 Å². The number of hydrogen-bond acceptors (Lipinski definition) is 8. The van der Waals surface area contributed by atoms with E-state index in [1.54, 1.807) is 12.3 Å². The minimum absolute atomic E-state index is 0.00723. The van der Waals surface area contributed by atoms with Crippen molar-refractivity contribution in [2.24, 2.45) is 16.8 Å². The van der Waals surface area contributed by atoms with Crippen molar-refractivity contribution in [2.45, 2.75) is 31.7 Å². The molecule has 1 unspecified atom stereocenters. The summed E-state index contributed by atoms with van der Waals surface area (Å²) in [7, 11) is 2.73. The van der Waals surface area contributed by atoms with Gasteiger partial charge in [0.15, 0.2) is 10.8 Å². The van der Waals surface area contributed by atoms with Gasteiger partial charge in [-0.2, -0.15) is 0 Å². The van der Waals surface area contributed by atoms with E-state index in [0.29, 0.717) is 57.8 Å². The Hall–Kier alpha value is -2.59. The number of benzene rings is 1. The van der Waals surface area contributed by atoms with Crippen molar-refractivity contribution in [1.82, 2.24) is 10.3 Å². The lowest BCUT2D eigenvalue weighted by atomic mass is 9.78. The molecule has 0 spiro atoms. The van der Waals surface area contributed by atoms with E-state index >= 15 is 0 Å². The van der Waals surface area contributed by atoms with Crippen molar-refractivity contribution in [3.63, 3.8) is 0 Å². The number of amidine groups is 1. The van der Waals surface area contributed by atoms with Crippen molar-refractivity contribution >= 4 is 45.0 Å². The van der Waals surface area contributed by atoms with Crippen LogP contribution in [0.2, 0.25) is 0 Å². The SMILES string of the molecule is COC(=O)C1=C(C2CCC(C(=O)OC)CC2)NC(c2nccs2)=NC1c1ccc(F)cc1Br. The van der Waals surface area contributed by atoms with E-state index in [1.807, 2.05) is 5.38 Å². The van der Waals surface area contributed by atoms with Crippen LogP contribution in [-0.4, -0.2) is 37.0 Å². The second kappa shape index (κ2) is 10.1. The smallest absolute Gasteiger partial charge is 0.338 e. The summed E-state index contributed by atoms with van der Waals surface area (Å²) in [6.45, 7) is 0. The summed E-state index contributed by atoms with van der Waals surface area (Å²) in [4.78, 5) is 34.2. The Kier molecular flexibility index (Phi) is 7.23. The highest BCUT2D eigenvalue weighted by molar-refractivity contribution is 9.10. The lowest BCUT2D eigenvalue weighted by Crippen LogP contribution is -2.38. The number of hydrogen-bond donors (Lipinski definition) is 1. The van der Waals surface area contributed by atoms with Crippen molar-refractivity contribution in [2.75, 3.05) is 14.2 Å². The molecule has 0 saturated heterocycles. The molecular weight excluding hydrogens is 513 g/mol. The Morgan fingerprint density at radius 1 is 1.18 bits per heavy atom. The zero-order chi connectivity index (χ0) is 23.5. The van der Waals surface area contributed by atoms with Gasteiger partial charge in [-0.1, -0.05) is 22.0 Å². The average molecular weight is 536 g/mol. The van der Waals surface area contributed by atoms with Gasteiger partial charge < -0.3 is 14.8 Å². The Labute approximate surface area is 203 Å². The van der Waals surface area contributed by atoms with Crippen LogP contribution >= 0.6 is 27.3 Å². The molecule has 0 amide bonds. The largest absolute Gasteiger partial charge is 0.469 e. The first kappa shape index (κ1) is 23.6. The number of esters is 2. The number of nitrogens with zero attached hydrogens (tertiary/aromatic N) is 2. The Balaban J connectivity index is 1.79. The van der Waals surface area contributed by atoms with Gasteiger partial charge >= 0.3 is 11.9 Å². The number of allylic oxidation sites excluding steroid dienone is 1. The van der Waals surface area contributed by atoms with Gasteiger partial charge in [0.25, 0.3) is 0 Å². The second-order valence-corrected chi connectivity index (χ2v) is 9.65. The summed E-state index contributed by atoms with van der Waals surface area (Å²) in [6.07, 6.45) is 4.40. The summed E-state index contributed by atoms with van der Waals surface area (Å²) in [5.74, 6) is -0.711. The van der Waals surface area contributed by atoms with Gasteiger partial charge in [0, 0.05) is 21.7 Å². The summed E-state index contributed by atoms with van der Waals surface area (Å²) in [5, 5.41) is 5.88. The van der Waals surface area contributed by atoms with E-state index in [0.717, 1.165) is 0 Å². The minimum atomic E-state index is -0.707. The van der Waals surface area contributed by atoms with Crippen molar-refractivity contribution < 1.29 is 23.5 Å². The van der Waals surface area contributed by atoms with E-state index in [2.05, 4.69) is 26.2 Å². The highest BCUT2D eigenvalue weighted by Gasteiger charge is 2.38. The summed E-state index contributed by atoms with van der Waals surface area (Å²) in [6, 6.07) is 3.61. The van der Waals surface area contributed by atoms with E-state index in [-0.39, 0.29) is 17.8 Å². The predicted molar refractivity (Wildman–Crippen MR) is 125 cm³/mol. The number of carbonyl (C=O) groups is 2. The molecule has 0 bridgehead atoms. The molecule has 2 heterocycles. The average Bonchev–Trinajstić information content (AvgIpc) is 3.37. The molecule has 174 valence electrons. The molecule has 33 heavy (non-hydrogen) atoms. The fourth-order valence-corrected chi connectivity index (χ4v) is 5.56. The molecule has 1 fully saturated rings. The molecule has 4 rings (SSSR count). The van der Waals surface area contributed by atoms with Gasteiger partial charge in [-0.05, 0) is 49.3 Å². The van der Waals surface area contributed by atoms with E-state index in [4.69, 9.17) is 14.5 Å². The molecule has 1 N–H and O–H groups in total. The number of aromatic nitrogens is 1. The first-order chi connectivity index (χ1) is 15.9. The lowest BCUT2D eigenvalue weighted by molar-refractivity contribution is -0.146. The van der Waals surface area contributed by atoms with Crippen LogP contribution in [0, 0.1) is 17.7 Å². The lowest BCUT2D eigenvalue weighted by Gasteiger charge is -2.34. The molecular formula is C23H23BrFN3O4S. The number of aliphatic imine (C=N–C) groups is 1. The fourth-order valence-electron chi connectivity index (χ4n) is 4.40. The van der Waals surface area contributed by atoms with Crippen molar-refractivity contribution in [3.8, 4) is 0 Å². The third-order valence-electron chi connectivity index (χ3n) is 6.04. The third-order valence-corrected chi connectivity index (χ3v) is 7.51. The fraction of sp³-hybridized carbons (Fsp3) is 0.391. The molecule has 1 aliphatic carbocycles. The van der Waals surface area contributed by atoms with Gasteiger partial charge in [0.1, 0.15) is 11.9 Å².